The van der Waals surface area contributed by atoms with E-state index < -0.39 is 0 Å². The second kappa shape index (κ2) is 7.08. The Balaban J connectivity index is 1.63. The zero-order chi connectivity index (χ0) is 19.7. The number of carbonyl (C=O) groups excluding carboxylic acids is 1. The Morgan fingerprint density at radius 3 is 2.39 bits per heavy atom. The van der Waals surface area contributed by atoms with Gasteiger partial charge in [0.1, 0.15) is 0 Å². The standard InChI is InChI=1S/C25H24N2O/c1-25(2,3)20-11-14-22(15-12-20)27-17-19-8-6-7-18(23(19)24(27)28)10-13-21-9-4-5-16-26-21/h4-16H,17H2,1-3H3. The fourth-order valence-electron chi connectivity index (χ4n) is 3.53. The number of aromatic nitrogens is 1. The first-order valence-electron chi connectivity index (χ1n) is 9.57. The van der Waals surface area contributed by atoms with Crippen LogP contribution in [0.3, 0.4) is 0 Å². The molecule has 2 aromatic carbocycles. The van der Waals surface area contributed by atoms with Crippen LogP contribution >= 0.6 is 0 Å². The maximum atomic E-state index is 13.2. The largest absolute Gasteiger partial charge is 0.304 e. The fourth-order valence-corrected chi connectivity index (χ4v) is 3.53. The van der Waals surface area contributed by atoms with Gasteiger partial charge in [0.2, 0.25) is 0 Å². The number of anilines is 1. The van der Waals surface area contributed by atoms with Gasteiger partial charge in [-0.3, -0.25) is 9.78 Å². The van der Waals surface area contributed by atoms with E-state index in [-0.39, 0.29) is 11.3 Å². The second-order valence-corrected chi connectivity index (χ2v) is 8.16. The van der Waals surface area contributed by atoms with Crippen molar-refractivity contribution in [1.82, 2.24) is 4.98 Å². The highest BCUT2D eigenvalue weighted by molar-refractivity contribution is 6.12. The summed E-state index contributed by atoms with van der Waals surface area (Å²) in [5, 5.41) is 0. The van der Waals surface area contributed by atoms with Crippen molar-refractivity contribution in [2.24, 2.45) is 0 Å². The van der Waals surface area contributed by atoms with E-state index in [0.29, 0.717) is 6.54 Å². The SMILES string of the molecule is CC(C)(C)c1ccc(N2Cc3cccc(C=Cc4ccccn4)c3C2=O)cc1. The topological polar surface area (TPSA) is 33.2 Å². The van der Waals surface area contributed by atoms with Crippen LogP contribution in [0, 0.1) is 0 Å². The average Bonchev–Trinajstić information content (AvgIpc) is 3.04. The van der Waals surface area contributed by atoms with Gasteiger partial charge in [-0.2, -0.15) is 0 Å². The zero-order valence-electron chi connectivity index (χ0n) is 16.5. The van der Waals surface area contributed by atoms with Gasteiger partial charge in [0, 0.05) is 11.9 Å². The first kappa shape index (κ1) is 18.2. The van der Waals surface area contributed by atoms with E-state index in [1.54, 1.807) is 6.20 Å². The Kier molecular flexibility index (Phi) is 4.60. The smallest absolute Gasteiger partial charge is 0.259 e. The first-order valence-corrected chi connectivity index (χ1v) is 9.57. The van der Waals surface area contributed by atoms with Gasteiger partial charge in [-0.25, -0.2) is 0 Å². The summed E-state index contributed by atoms with van der Waals surface area (Å²) in [6.07, 6.45) is 5.69. The van der Waals surface area contributed by atoms with E-state index in [1.165, 1.54) is 5.56 Å². The molecule has 3 nitrogen and oxygen atoms in total. The summed E-state index contributed by atoms with van der Waals surface area (Å²) >= 11 is 0. The third-order valence-corrected chi connectivity index (χ3v) is 5.14. The molecule has 0 spiro atoms. The number of amides is 1. The van der Waals surface area contributed by atoms with E-state index in [2.05, 4.69) is 37.9 Å². The summed E-state index contributed by atoms with van der Waals surface area (Å²) in [5.74, 6) is 0.0554. The van der Waals surface area contributed by atoms with E-state index in [1.807, 2.05) is 65.6 Å². The molecule has 0 N–H and O–H groups in total. The van der Waals surface area contributed by atoms with Crippen molar-refractivity contribution in [3.63, 3.8) is 0 Å². The number of nitrogens with zero attached hydrogens (tertiary/aromatic N) is 2. The van der Waals surface area contributed by atoms with Crippen LogP contribution in [0.1, 0.15) is 53.5 Å². The van der Waals surface area contributed by atoms with Crippen LogP contribution in [-0.4, -0.2) is 10.9 Å². The molecule has 1 amide bonds. The summed E-state index contributed by atoms with van der Waals surface area (Å²) in [5.41, 5.74) is 5.96. The number of benzene rings is 2. The molecule has 2 heterocycles. The highest BCUT2D eigenvalue weighted by Gasteiger charge is 2.30. The van der Waals surface area contributed by atoms with Crippen LogP contribution in [0.4, 0.5) is 5.69 Å². The lowest BCUT2D eigenvalue weighted by atomic mass is 9.87. The Morgan fingerprint density at radius 1 is 0.929 bits per heavy atom. The van der Waals surface area contributed by atoms with Crippen molar-refractivity contribution < 1.29 is 4.79 Å². The Hall–Kier alpha value is -3.20. The van der Waals surface area contributed by atoms with Crippen molar-refractivity contribution >= 4 is 23.7 Å². The highest BCUT2D eigenvalue weighted by Crippen LogP contribution is 2.32. The van der Waals surface area contributed by atoms with Crippen LogP contribution in [0.25, 0.3) is 12.2 Å². The third-order valence-electron chi connectivity index (χ3n) is 5.14. The predicted molar refractivity (Wildman–Crippen MR) is 115 cm³/mol. The molecule has 4 rings (SSSR count). The van der Waals surface area contributed by atoms with E-state index in [0.717, 1.165) is 28.1 Å². The molecule has 0 bridgehead atoms. The minimum atomic E-state index is 0.0554. The number of fused-ring (bicyclic) bond motifs is 1. The molecule has 3 heteroatoms. The predicted octanol–water partition coefficient (Wildman–Crippen LogP) is 5.71. The molecule has 0 saturated heterocycles. The minimum Gasteiger partial charge on any atom is -0.304 e. The summed E-state index contributed by atoms with van der Waals surface area (Å²) in [6.45, 7) is 7.19. The van der Waals surface area contributed by atoms with E-state index in [4.69, 9.17) is 0 Å². The molecule has 0 aliphatic carbocycles. The Morgan fingerprint density at radius 2 is 1.71 bits per heavy atom. The van der Waals surface area contributed by atoms with Crippen molar-refractivity contribution in [1.29, 1.82) is 0 Å². The maximum absolute atomic E-state index is 13.2. The molecule has 1 aliphatic heterocycles. The zero-order valence-corrected chi connectivity index (χ0v) is 16.5. The van der Waals surface area contributed by atoms with Crippen molar-refractivity contribution in [2.75, 3.05) is 4.90 Å². The second-order valence-electron chi connectivity index (χ2n) is 8.16. The summed E-state index contributed by atoms with van der Waals surface area (Å²) in [7, 11) is 0. The van der Waals surface area contributed by atoms with Crippen LogP contribution < -0.4 is 4.90 Å². The molecule has 0 unspecified atom stereocenters. The van der Waals surface area contributed by atoms with Crippen molar-refractivity contribution in [3.8, 4) is 0 Å². The lowest BCUT2D eigenvalue weighted by Crippen LogP contribution is -2.23. The maximum Gasteiger partial charge on any atom is 0.259 e. The molecule has 0 atom stereocenters. The normalized spacial score (nSPS) is 14.0. The number of rotatable bonds is 3. The number of hydrogen-bond donors (Lipinski definition) is 0. The number of carbonyl (C=O) groups is 1. The van der Waals surface area contributed by atoms with Gasteiger partial charge >= 0.3 is 0 Å². The minimum absolute atomic E-state index is 0.0554. The molecular formula is C25H24N2O. The molecule has 140 valence electrons. The van der Waals surface area contributed by atoms with Gasteiger partial charge in [0.25, 0.3) is 5.91 Å². The fraction of sp³-hybridized carbons (Fsp3) is 0.200. The van der Waals surface area contributed by atoms with Crippen molar-refractivity contribution in [3.05, 3.63) is 94.8 Å². The Labute approximate surface area is 166 Å². The van der Waals surface area contributed by atoms with Gasteiger partial charge in [-0.1, -0.05) is 63.2 Å². The van der Waals surface area contributed by atoms with E-state index in [9.17, 15) is 4.79 Å². The Bertz CT molecular complexity index is 1030. The van der Waals surface area contributed by atoms with Crippen LogP contribution in [0.5, 0.6) is 0 Å². The van der Waals surface area contributed by atoms with Gasteiger partial charge in [-0.05, 0) is 52.4 Å². The monoisotopic (exact) mass is 368 g/mol. The van der Waals surface area contributed by atoms with E-state index >= 15 is 0 Å². The molecule has 0 radical (unpaired) electrons. The quantitative estimate of drug-likeness (QED) is 0.593. The molecule has 1 aliphatic rings. The lowest BCUT2D eigenvalue weighted by molar-refractivity contribution is 0.0996. The lowest BCUT2D eigenvalue weighted by Gasteiger charge is -2.21. The van der Waals surface area contributed by atoms with Crippen LogP contribution in [-0.2, 0) is 12.0 Å². The third kappa shape index (κ3) is 3.48. The number of pyridine rings is 1. The van der Waals surface area contributed by atoms with Crippen LogP contribution in [0.2, 0.25) is 0 Å². The summed E-state index contributed by atoms with van der Waals surface area (Å²) < 4.78 is 0. The summed E-state index contributed by atoms with van der Waals surface area (Å²) in [6, 6.07) is 20.2. The summed E-state index contributed by atoms with van der Waals surface area (Å²) in [4.78, 5) is 19.4. The number of hydrogen-bond acceptors (Lipinski definition) is 2. The van der Waals surface area contributed by atoms with Crippen LogP contribution in [0.15, 0.2) is 66.9 Å². The van der Waals surface area contributed by atoms with Gasteiger partial charge in [0.05, 0.1) is 17.8 Å². The molecule has 28 heavy (non-hydrogen) atoms. The van der Waals surface area contributed by atoms with Gasteiger partial charge in [0.15, 0.2) is 0 Å². The molecule has 3 aromatic rings. The molecule has 1 aromatic heterocycles. The van der Waals surface area contributed by atoms with Gasteiger partial charge in [-0.15, -0.1) is 0 Å². The first-order chi connectivity index (χ1) is 13.4. The molecule has 0 saturated carbocycles. The van der Waals surface area contributed by atoms with Crippen molar-refractivity contribution in [2.45, 2.75) is 32.7 Å². The molecular weight excluding hydrogens is 344 g/mol. The molecule has 0 fully saturated rings. The van der Waals surface area contributed by atoms with Gasteiger partial charge < -0.3 is 4.90 Å². The highest BCUT2D eigenvalue weighted by atomic mass is 16.2. The average molecular weight is 368 g/mol.